The lowest BCUT2D eigenvalue weighted by atomic mass is 9.86. The number of nitrogens with two attached hydrogens (primary N) is 1. The average molecular weight is 281 g/mol. The van der Waals surface area contributed by atoms with Crippen LogP contribution in [0.2, 0.25) is 0 Å². The molecule has 1 aromatic heterocycles. The summed E-state index contributed by atoms with van der Waals surface area (Å²) < 4.78 is 5.44. The lowest BCUT2D eigenvalue weighted by Crippen LogP contribution is -2.26. The van der Waals surface area contributed by atoms with Gasteiger partial charge in [0.15, 0.2) is 5.82 Å². The quantitative estimate of drug-likeness (QED) is 0.918. The minimum atomic E-state index is 0.307. The summed E-state index contributed by atoms with van der Waals surface area (Å²) in [6.45, 7) is 0. The highest BCUT2D eigenvalue weighted by atomic mass is 32.2. The van der Waals surface area contributed by atoms with Gasteiger partial charge in [0.1, 0.15) is 0 Å². The third-order valence-electron chi connectivity index (χ3n) is 4.30. The Hall–Kier alpha value is -0.550. The minimum absolute atomic E-state index is 0.307. The van der Waals surface area contributed by atoms with E-state index in [0.717, 1.165) is 42.0 Å². The van der Waals surface area contributed by atoms with Gasteiger partial charge in [-0.3, -0.25) is 0 Å². The number of thioether (sulfide) groups is 1. The van der Waals surface area contributed by atoms with Crippen molar-refractivity contribution in [3.8, 4) is 0 Å². The van der Waals surface area contributed by atoms with Gasteiger partial charge in [-0.1, -0.05) is 24.4 Å². The first-order valence-corrected chi connectivity index (χ1v) is 8.56. The Morgan fingerprint density at radius 2 is 2.00 bits per heavy atom. The molecule has 1 heterocycles. The lowest BCUT2D eigenvalue weighted by Gasteiger charge is -2.23. The van der Waals surface area contributed by atoms with Crippen LogP contribution in [0.25, 0.3) is 0 Å². The van der Waals surface area contributed by atoms with E-state index >= 15 is 0 Å². The molecule has 1 aromatic rings. The Bertz CT molecular complexity index is 403. The third kappa shape index (κ3) is 3.51. The molecule has 0 spiro atoms. The Morgan fingerprint density at radius 1 is 1.16 bits per heavy atom. The molecule has 0 saturated heterocycles. The third-order valence-corrected chi connectivity index (χ3v) is 5.67. The average Bonchev–Trinajstić information content (AvgIpc) is 3.08. The van der Waals surface area contributed by atoms with Crippen LogP contribution in [0.15, 0.2) is 4.52 Å². The van der Waals surface area contributed by atoms with E-state index in [-0.39, 0.29) is 0 Å². The molecule has 106 valence electrons. The Morgan fingerprint density at radius 3 is 2.79 bits per heavy atom. The highest BCUT2D eigenvalue weighted by Gasteiger charge is 2.25. The van der Waals surface area contributed by atoms with Gasteiger partial charge in [-0.15, -0.1) is 0 Å². The van der Waals surface area contributed by atoms with E-state index in [9.17, 15) is 0 Å². The van der Waals surface area contributed by atoms with Gasteiger partial charge in [0, 0.05) is 17.2 Å². The summed E-state index contributed by atoms with van der Waals surface area (Å²) in [6.07, 6.45) is 9.93. The first-order valence-electron chi connectivity index (χ1n) is 7.51. The zero-order chi connectivity index (χ0) is 13.1. The molecule has 2 N–H and O–H groups in total. The topological polar surface area (TPSA) is 64.9 Å². The number of rotatable bonds is 4. The van der Waals surface area contributed by atoms with Crippen LogP contribution in [0.1, 0.15) is 69.0 Å². The lowest BCUT2D eigenvalue weighted by molar-refractivity contribution is 0.297. The SMILES string of the molecule is NC1CCCC(c2nc(CSC3CCCC3)no2)C1. The molecule has 0 amide bonds. The van der Waals surface area contributed by atoms with Crippen molar-refractivity contribution in [3.05, 3.63) is 11.7 Å². The Kier molecular flexibility index (Phi) is 4.43. The molecule has 0 aromatic carbocycles. The van der Waals surface area contributed by atoms with E-state index in [0.29, 0.717) is 12.0 Å². The van der Waals surface area contributed by atoms with E-state index in [2.05, 4.69) is 10.1 Å². The molecule has 2 unspecified atom stereocenters. The second-order valence-corrected chi connectivity index (χ2v) is 7.18. The molecule has 0 bridgehead atoms. The molecule has 2 saturated carbocycles. The summed E-state index contributed by atoms with van der Waals surface area (Å²) in [7, 11) is 0. The smallest absolute Gasteiger partial charge is 0.229 e. The molecule has 2 atom stereocenters. The maximum absolute atomic E-state index is 6.02. The van der Waals surface area contributed by atoms with Crippen molar-refractivity contribution in [2.45, 2.75) is 74.3 Å². The Balaban J connectivity index is 1.53. The highest BCUT2D eigenvalue weighted by Crippen LogP contribution is 2.33. The van der Waals surface area contributed by atoms with Gasteiger partial charge in [-0.05, 0) is 32.1 Å². The van der Waals surface area contributed by atoms with Crippen molar-refractivity contribution < 1.29 is 4.52 Å². The fraction of sp³-hybridized carbons (Fsp3) is 0.857. The zero-order valence-corrected chi connectivity index (χ0v) is 12.2. The molecule has 2 fully saturated rings. The molecule has 19 heavy (non-hydrogen) atoms. The van der Waals surface area contributed by atoms with Crippen LogP contribution in [0.3, 0.4) is 0 Å². The van der Waals surface area contributed by atoms with Crippen molar-refractivity contribution in [2.24, 2.45) is 5.73 Å². The molecule has 5 heteroatoms. The monoisotopic (exact) mass is 281 g/mol. The number of hydrogen-bond donors (Lipinski definition) is 1. The Labute approximate surface area is 118 Å². The van der Waals surface area contributed by atoms with E-state index in [1.165, 1.54) is 32.1 Å². The summed E-state index contributed by atoms with van der Waals surface area (Å²) in [4.78, 5) is 4.58. The first kappa shape index (κ1) is 13.4. The van der Waals surface area contributed by atoms with Gasteiger partial charge in [-0.25, -0.2) is 0 Å². The largest absolute Gasteiger partial charge is 0.339 e. The van der Waals surface area contributed by atoms with Gasteiger partial charge in [-0.2, -0.15) is 16.7 Å². The second-order valence-electron chi connectivity index (χ2n) is 5.89. The first-order chi connectivity index (χ1) is 9.31. The molecule has 2 aliphatic rings. The summed E-state index contributed by atoms with van der Waals surface area (Å²) in [5.41, 5.74) is 6.02. The van der Waals surface area contributed by atoms with Crippen LogP contribution in [-0.2, 0) is 5.75 Å². The molecule has 3 rings (SSSR count). The molecule has 2 aliphatic carbocycles. The van der Waals surface area contributed by atoms with Gasteiger partial charge >= 0.3 is 0 Å². The predicted molar refractivity (Wildman–Crippen MR) is 77.0 cm³/mol. The summed E-state index contributed by atoms with van der Waals surface area (Å²) in [5.74, 6) is 2.97. The van der Waals surface area contributed by atoms with Crippen molar-refractivity contribution in [2.75, 3.05) is 0 Å². The van der Waals surface area contributed by atoms with Crippen molar-refractivity contribution in [3.63, 3.8) is 0 Å². The fourth-order valence-electron chi connectivity index (χ4n) is 3.19. The fourth-order valence-corrected chi connectivity index (χ4v) is 4.36. The van der Waals surface area contributed by atoms with E-state index in [4.69, 9.17) is 10.3 Å². The van der Waals surface area contributed by atoms with Crippen LogP contribution in [0.5, 0.6) is 0 Å². The molecule has 4 nitrogen and oxygen atoms in total. The van der Waals surface area contributed by atoms with E-state index < -0.39 is 0 Å². The number of nitrogens with zero attached hydrogens (tertiary/aromatic N) is 2. The molecular weight excluding hydrogens is 258 g/mol. The summed E-state index contributed by atoms with van der Waals surface area (Å²) in [5, 5.41) is 4.94. The maximum atomic E-state index is 6.02. The van der Waals surface area contributed by atoms with Crippen molar-refractivity contribution in [1.82, 2.24) is 10.1 Å². The van der Waals surface area contributed by atoms with Gasteiger partial charge in [0.05, 0.1) is 5.75 Å². The van der Waals surface area contributed by atoms with E-state index in [1.54, 1.807) is 0 Å². The van der Waals surface area contributed by atoms with Gasteiger partial charge < -0.3 is 10.3 Å². The normalized spacial score (nSPS) is 28.9. The predicted octanol–water partition coefficient (Wildman–Crippen LogP) is 3.23. The van der Waals surface area contributed by atoms with Crippen LogP contribution >= 0.6 is 11.8 Å². The molecular formula is C14H23N3OS. The second kappa shape index (κ2) is 6.27. The van der Waals surface area contributed by atoms with Crippen LogP contribution in [-0.4, -0.2) is 21.4 Å². The summed E-state index contributed by atoms with van der Waals surface area (Å²) in [6, 6.07) is 0.307. The van der Waals surface area contributed by atoms with Crippen LogP contribution in [0.4, 0.5) is 0 Å². The number of aromatic nitrogens is 2. The minimum Gasteiger partial charge on any atom is -0.339 e. The van der Waals surface area contributed by atoms with Gasteiger partial charge in [0.25, 0.3) is 0 Å². The maximum Gasteiger partial charge on any atom is 0.229 e. The van der Waals surface area contributed by atoms with Crippen LogP contribution in [0, 0.1) is 0 Å². The molecule has 0 aliphatic heterocycles. The van der Waals surface area contributed by atoms with Crippen LogP contribution < -0.4 is 5.73 Å². The van der Waals surface area contributed by atoms with Gasteiger partial charge in [0.2, 0.25) is 5.89 Å². The number of hydrogen-bond acceptors (Lipinski definition) is 5. The van der Waals surface area contributed by atoms with Crippen molar-refractivity contribution in [1.29, 1.82) is 0 Å². The van der Waals surface area contributed by atoms with Crippen molar-refractivity contribution >= 4 is 11.8 Å². The standard InChI is InChI=1S/C14H23N3OS/c15-11-5-3-4-10(8-11)14-16-13(17-18-14)9-19-12-6-1-2-7-12/h10-12H,1-9,15H2. The summed E-state index contributed by atoms with van der Waals surface area (Å²) >= 11 is 1.99. The molecule has 0 radical (unpaired) electrons. The zero-order valence-electron chi connectivity index (χ0n) is 11.4. The highest BCUT2D eigenvalue weighted by molar-refractivity contribution is 7.99. The van der Waals surface area contributed by atoms with E-state index in [1.807, 2.05) is 11.8 Å².